The second-order valence-electron chi connectivity index (χ2n) is 6.06. The molecule has 0 bridgehead atoms. The minimum absolute atomic E-state index is 0.0919. The molecule has 0 saturated carbocycles. The number of Topliss-reactive ketones (excluding diaryl/α,β-unsaturated/α-hetero) is 1. The SMILES string of the molecule is CC(=O)c1nnn(-c2ccc(F)cc2)c1N1CCCCC1CCO. The molecule has 24 heavy (non-hydrogen) atoms. The highest BCUT2D eigenvalue weighted by Crippen LogP contribution is 2.30. The first kappa shape index (κ1) is 16.6. The molecule has 1 N–H and O–H groups in total. The molecular formula is C17H21FN4O2. The molecular weight excluding hydrogens is 311 g/mol. The Morgan fingerprint density at radius 2 is 2.08 bits per heavy atom. The van der Waals surface area contributed by atoms with Gasteiger partial charge in [-0.05, 0) is 49.9 Å². The zero-order valence-electron chi connectivity index (χ0n) is 13.7. The molecule has 0 radical (unpaired) electrons. The van der Waals surface area contributed by atoms with Crippen LogP contribution in [0.2, 0.25) is 0 Å². The largest absolute Gasteiger partial charge is 0.396 e. The quantitative estimate of drug-likeness (QED) is 0.851. The fraction of sp³-hybridized carbons (Fsp3) is 0.471. The van der Waals surface area contributed by atoms with Crippen molar-refractivity contribution in [3.05, 3.63) is 35.8 Å². The van der Waals surface area contributed by atoms with E-state index in [4.69, 9.17) is 0 Å². The Bertz CT molecular complexity index is 712. The van der Waals surface area contributed by atoms with Crippen LogP contribution in [0.3, 0.4) is 0 Å². The van der Waals surface area contributed by atoms with Crippen molar-refractivity contribution in [3.63, 3.8) is 0 Å². The van der Waals surface area contributed by atoms with Gasteiger partial charge in [0.15, 0.2) is 17.3 Å². The molecule has 1 aromatic heterocycles. The number of hydrogen-bond acceptors (Lipinski definition) is 5. The van der Waals surface area contributed by atoms with E-state index in [0.29, 0.717) is 23.6 Å². The summed E-state index contributed by atoms with van der Waals surface area (Å²) in [7, 11) is 0. The summed E-state index contributed by atoms with van der Waals surface area (Å²) < 4.78 is 14.8. The van der Waals surface area contributed by atoms with E-state index < -0.39 is 0 Å². The molecule has 1 unspecified atom stereocenters. The van der Waals surface area contributed by atoms with E-state index >= 15 is 0 Å². The van der Waals surface area contributed by atoms with Crippen molar-refractivity contribution in [3.8, 4) is 5.69 Å². The van der Waals surface area contributed by atoms with Crippen LogP contribution in [0.25, 0.3) is 5.69 Å². The highest BCUT2D eigenvalue weighted by molar-refractivity contribution is 5.97. The first-order valence-electron chi connectivity index (χ1n) is 8.22. The number of carbonyl (C=O) groups is 1. The first-order chi connectivity index (χ1) is 11.6. The molecule has 6 nitrogen and oxygen atoms in total. The maximum absolute atomic E-state index is 13.2. The Labute approximate surface area is 139 Å². The number of aliphatic hydroxyl groups excluding tert-OH is 1. The predicted octanol–water partition coefficient (Wildman–Crippen LogP) is 2.35. The molecule has 1 saturated heterocycles. The number of anilines is 1. The van der Waals surface area contributed by atoms with Crippen LogP contribution in [-0.4, -0.2) is 45.1 Å². The minimum atomic E-state index is -0.330. The molecule has 3 rings (SSSR count). The third-order valence-electron chi connectivity index (χ3n) is 4.41. The summed E-state index contributed by atoms with van der Waals surface area (Å²) in [6, 6.07) is 6.08. The van der Waals surface area contributed by atoms with Crippen molar-refractivity contribution in [1.82, 2.24) is 15.0 Å². The molecule has 7 heteroatoms. The number of halogens is 1. The molecule has 1 atom stereocenters. The molecule has 2 heterocycles. The summed E-state index contributed by atoms with van der Waals surface area (Å²) in [6.07, 6.45) is 3.68. The Kier molecular flexibility index (Phi) is 4.89. The summed E-state index contributed by atoms with van der Waals surface area (Å²) in [4.78, 5) is 14.1. The number of ketones is 1. The van der Waals surface area contributed by atoms with Gasteiger partial charge in [-0.1, -0.05) is 5.21 Å². The van der Waals surface area contributed by atoms with Crippen LogP contribution in [0.15, 0.2) is 24.3 Å². The van der Waals surface area contributed by atoms with Crippen molar-refractivity contribution >= 4 is 11.6 Å². The molecule has 0 spiro atoms. The van der Waals surface area contributed by atoms with E-state index in [1.807, 2.05) is 0 Å². The van der Waals surface area contributed by atoms with Crippen LogP contribution >= 0.6 is 0 Å². The lowest BCUT2D eigenvalue weighted by atomic mass is 9.99. The fourth-order valence-corrected chi connectivity index (χ4v) is 3.25. The van der Waals surface area contributed by atoms with E-state index in [1.54, 1.807) is 16.8 Å². The van der Waals surface area contributed by atoms with Crippen LogP contribution in [0.4, 0.5) is 10.2 Å². The predicted molar refractivity (Wildman–Crippen MR) is 88.0 cm³/mol. The van der Waals surface area contributed by atoms with Crippen molar-refractivity contribution in [2.45, 2.75) is 38.6 Å². The summed E-state index contributed by atoms with van der Waals surface area (Å²) in [5.41, 5.74) is 0.962. The van der Waals surface area contributed by atoms with Gasteiger partial charge in [0, 0.05) is 26.1 Å². The van der Waals surface area contributed by atoms with Crippen LogP contribution in [0, 0.1) is 5.82 Å². The lowest BCUT2D eigenvalue weighted by Crippen LogP contribution is -2.42. The number of rotatable bonds is 5. The lowest BCUT2D eigenvalue weighted by Gasteiger charge is -2.37. The Morgan fingerprint density at radius 3 is 2.75 bits per heavy atom. The van der Waals surface area contributed by atoms with Crippen LogP contribution in [0.5, 0.6) is 0 Å². The topological polar surface area (TPSA) is 71.2 Å². The molecule has 1 fully saturated rings. The number of carbonyl (C=O) groups excluding carboxylic acids is 1. The fourth-order valence-electron chi connectivity index (χ4n) is 3.25. The van der Waals surface area contributed by atoms with Crippen molar-refractivity contribution in [1.29, 1.82) is 0 Å². The van der Waals surface area contributed by atoms with Crippen LogP contribution in [0.1, 0.15) is 43.1 Å². The Hall–Kier alpha value is -2.28. The van der Waals surface area contributed by atoms with Crippen molar-refractivity contribution in [2.75, 3.05) is 18.1 Å². The van der Waals surface area contributed by atoms with Gasteiger partial charge in [-0.3, -0.25) is 4.79 Å². The van der Waals surface area contributed by atoms with E-state index in [2.05, 4.69) is 15.2 Å². The maximum Gasteiger partial charge on any atom is 0.183 e. The third-order valence-corrected chi connectivity index (χ3v) is 4.41. The number of piperidine rings is 1. The van der Waals surface area contributed by atoms with Crippen molar-refractivity contribution in [2.24, 2.45) is 0 Å². The Balaban J connectivity index is 2.08. The summed E-state index contributed by atoms with van der Waals surface area (Å²) in [5.74, 6) is 0.141. The van der Waals surface area contributed by atoms with Crippen LogP contribution < -0.4 is 4.90 Å². The number of nitrogens with zero attached hydrogens (tertiary/aromatic N) is 4. The van der Waals surface area contributed by atoms with E-state index in [9.17, 15) is 14.3 Å². The van der Waals surface area contributed by atoms with Gasteiger partial charge >= 0.3 is 0 Å². The molecule has 0 aliphatic carbocycles. The van der Waals surface area contributed by atoms with Gasteiger partial charge in [0.05, 0.1) is 5.69 Å². The highest BCUT2D eigenvalue weighted by Gasteiger charge is 2.30. The van der Waals surface area contributed by atoms with Gasteiger partial charge in [-0.25, -0.2) is 4.39 Å². The highest BCUT2D eigenvalue weighted by atomic mass is 19.1. The standard InChI is InChI=1S/C17H21FN4O2/c1-12(24)16-17(21-10-3-2-4-14(21)9-11-23)22(20-19-16)15-7-5-13(18)6-8-15/h5-8,14,23H,2-4,9-11H2,1H3. The van der Waals surface area contributed by atoms with E-state index in [1.165, 1.54) is 19.1 Å². The Morgan fingerprint density at radius 1 is 1.33 bits per heavy atom. The average Bonchev–Trinajstić information content (AvgIpc) is 3.01. The van der Waals surface area contributed by atoms with Crippen molar-refractivity contribution < 1.29 is 14.3 Å². The van der Waals surface area contributed by atoms with Crippen LogP contribution in [-0.2, 0) is 0 Å². The molecule has 1 aliphatic rings. The molecule has 1 aromatic carbocycles. The molecule has 1 aliphatic heterocycles. The van der Waals surface area contributed by atoms with Gasteiger partial charge in [-0.15, -0.1) is 5.10 Å². The number of aromatic nitrogens is 3. The molecule has 128 valence electrons. The zero-order chi connectivity index (χ0) is 17.1. The second kappa shape index (κ2) is 7.09. The zero-order valence-corrected chi connectivity index (χ0v) is 13.7. The maximum atomic E-state index is 13.2. The van der Waals surface area contributed by atoms with E-state index in [-0.39, 0.29) is 24.2 Å². The lowest BCUT2D eigenvalue weighted by molar-refractivity contribution is 0.101. The van der Waals surface area contributed by atoms with Gasteiger partial charge in [0.2, 0.25) is 0 Å². The summed E-state index contributed by atoms with van der Waals surface area (Å²) in [6.45, 7) is 2.34. The van der Waals surface area contributed by atoms with Gasteiger partial charge in [-0.2, -0.15) is 4.68 Å². The summed E-state index contributed by atoms with van der Waals surface area (Å²) >= 11 is 0. The monoisotopic (exact) mass is 332 g/mol. The average molecular weight is 332 g/mol. The summed E-state index contributed by atoms with van der Waals surface area (Å²) in [5, 5.41) is 17.5. The second-order valence-corrected chi connectivity index (χ2v) is 6.06. The number of hydrogen-bond donors (Lipinski definition) is 1. The van der Waals surface area contributed by atoms with Gasteiger partial charge < -0.3 is 10.0 Å². The van der Waals surface area contributed by atoms with E-state index in [0.717, 1.165) is 25.8 Å². The number of benzene rings is 1. The minimum Gasteiger partial charge on any atom is -0.396 e. The molecule has 0 amide bonds. The van der Waals surface area contributed by atoms with Gasteiger partial charge in [0.25, 0.3) is 0 Å². The normalized spacial score (nSPS) is 18.0. The first-order valence-corrected chi connectivity index (χ1v) is 8.22. The number of aliphatic hydroxyl groups is 1. The molecule has 2 aromatic rings. The van der Waals surface area contributed by atoms with Gasteiger partial charge in [0.1, 0.15) is 5.82 Å². The smallest absolute Gasteiger partial charge is 0.183 e. The third kappa shape index (κ3) is 3.17.